The highest BCUT2D eigenvalue weighted by Crippen LogP contribution is 2.32. The summed E-state index contributed by atoms with van der Waals surface area (Å²) in [6.45, 7) is 0.108. The summed E-state index contributed by atoms with van der Waals surface area (Å²) in [7, 11) is -1.22. The maximum atomic E-state index is 12.2. The molecular formula is C16H17Cl2N3O3S2. The lowest BCUT2D eigenvalue weighted by Gasteiger charge is -2.21. The molecule has 3 rings (SSSR count). The van der Waals surface area contributed by atoms with E-state index in [9.17, 15) is 13.2 Å². The fourth-order valence-electron chi connectivity index (χ4n) is 2.79. The van der Waals surface area contributed by atoms with E-state index in [0.717, 1.165) is 5.56 Å². The highest BCUT2D eigenvalue weighted by atomic mass is 35.5. The smallest absolute Gasteiger partial charge is 0.240 e. The number of anilines is 1. The molecule has 1 amide bonds. The first-order chi connectivity index (χ1) is 12.2. The van der Waals surface area contributed by atoms with Crippen molar-refractivity contribution >= 4 is 55.4 Å². The summed E-state index contributed by atoms with van der Waals surface area (Å²) >= 11 is 13.4. The van der Waals surface area contributed by atoms with Crippen LogP contribution in [0.15, 0.2) is 23.6 Å². The van der Waals surface area contributed by atoms with Crippen molar-refractivity contribution in [2.45, 2.75) is 12.5 Å². The normalized spacial score (nSPS) is 19.0. The van der Waals surface area contributed by atoms with E-state index in [1.54, 1.807) is 35.5 Å². The Balaban J connectivity index is 1.61. The summed E-state index contributed by atoms with van der Waals surface area (Å²) in [5.41, 5.74) is 1.39. The van der Waals surface area contributed by atoms with Gasteiger partial charge in [-0.05, 0) is 31.7 Å². The quantitative estimate of drug-likeness (QED) is 0.782. The van der Waals surface area contributed by atoms with Crippen molar-refractivity contribution in [1.29, 1.82) is 0 Å². The van der Waals surface area contributed by atoms with Crippen LogP contribution >= 0.6 is 34.5 Å². The fourth-order valence-corrected chi connectivity index (χ4v) is 5.83. The molecule has 1 N–H and O–H groups in total. The Morgan fingerprint density at radius 2 is 2.19 bits per heavy atom. The minimum atomic E-state index is -2.98. The third kappa shape index (κ3) is 4.75. The molecule has 1 aliphatic heterocycles. The van der Waals surface area contributed by atoms with Gasteiger partial charge in [0.2, 0.25) is 5.91 Å². The van der Waals surface area contributed by atoms with Gasteiger partial charge in [-0.15, -0.1) is 11.3 Å². The number of amides is 1. The van der Waals surface area contributed by atoms with E-state index in [4.69, 9.17) is 23.2 Å². The number of rotatable bonds is 5. The number of carbonyl (C=O) groups excluding carboxylic acids is 1. The van der Waals surface area contributed by atoms with Crippen LogP contribution in [-0.4, -0.2) is 55.3 Å². The van der Waals surface area contributed by atoms with Gasteiger partial charge in [-0.25, -0.2) is 13.4 Å². The van der Waals surface area contributed by atoms with Crippen molar-refractivity contribution in [1.82, 2.24) is 9.88 Å². The zero-order chi connectivity index (χ0) is 18.9. The SMILES string of the molecule is CN(CC(=O)Nc1nc(-c2ccc(Cl)cc2Cl)cs1)C1CCS(=O)(=O)C1. The molecular weight excluding hydrogens is 417 g/mol. The molecule has 6 nitrogen and oxygen atoms in total. The van der Waals surface area contributed by atoms with Crippen molar-refractivity contribution in [2.24, 2.45) is 0 Å². The van der Waals surface area contributed by atoms with Crippen LogP contribution in [0.2, 0.25) is 10.0 Å². The Kier molecular flexibility index (Phi) is 5.88. The number of nitrogens with one attached hydrogen (secondary N) is 1. The predicted molar refractivity (Wildman–Crippen MR) is 106 cm³/mol. The zero-order valence-electron chi connectivity index (χ0n) is 13.9. The summed E-state index contributed by atoms with van der Waals surface area (Å²) < 4.78 is 23.1. The number of benzene rings is 1. The first-order valence-corrected chi connectivity index (χ1v) is 11.3. The molecule has 1 saturated heterocycles. The average molecular weight is 434 g/mol. The first kappa shape index (κ1) is 19.6. The molecule has 0 spiro atoms. The van der Waals surface area contributed by atoms with Crippen molar-refractivity contribution in [3.8, 4) is 11.3 Å². The van der Waals surface area contributed by atoms with Crippen molar-refractivity contribution in [3.05, 3.63) is 33.6 Å². The summed E-state index contributed by atoms with van der Waals surface area (Å²) in [4.78, 5) is 18.4. The number of aromatic nitrogens is 1. The molecule has 1 atom stereocenters. The Bertz CT molecular complexity index is 931. The van der Waals surface area contributed by atoms with Gasteiger partial charge in [0.1, 0.15) is 0 Å². The Morgan fingerprint density at radius 3 is 2.85 bits per heavy atom. The molecule has 1 aliphatic rings. The number of likely N-dealkylation sites (N-methyl/N-ethyl adjacent to an activating group) is 1. The van der Waals surface area contributed by atoms with Gasteiger partial charge < -0.3 is 5.32 Å². The number of nitrogens with zero attached hydrogens (tertiary/aromatic N) is 2. The van der Waals surface area contributed by atoms with Gasteiger partial charge in [0.25, 0.3) is 0 Å². The van der Waals surface area contributed by atoms with E-state index in [0.29, 0.717) is 27.3 Å². The molecule has 0 saturated carbocycles. The number of halogens is 2. The second-order valence-corrected chi connectivity index (χ2v) is 10.1. The third-order valence-electron chi connectivity index (χ3n) is 4.18. The van der Waals surface area contributed by atoms with Crippen molar-refractivity contribution in [2.75, 3.05) is 30.4 Å². The number of hydrogen-bond acceptors (Lipinski definition) is 6. The minimum Gasteiger partial charge on any atom is -0.301 e. The molecule has 2 aromatic rings. The second kappa shape index (κ2) is 7.82. The van der Waals surface area contributed by atoms with Crippen LogP contribution < -0.4 is 5.32 Å². The van der Waals surface area contributed by atoms with Crippen molar-refractivity contribution in [3.63, 3.8) is 0 Å². The average Bonchev–Trinajstić information content (AvgIpc) is 3.13. The molecule has 1 aromatic heterocycles. The van der Waals surface area contributed by atoms with Gasteiger partial charge in [-0.2, -0.15) is 0 Å². The largest absolute Gasteiger partial charge is 0.301 e. The lowest BCUT2D eigenvalue weighted by Crippen LogP contribution is -2.38. The second-order valence-electron chi connectivity index (χ2n) is 6.18. The van der Waals surface area contributed by atoms with E-state index < -0.39 is 9.84 Å². The molecule has 1 fully saturated rings. The molecule has 0 bridgehead atoms. The molecule has 10 heteroatoms. The monoisotopic (exact) mass is 433 g/mol. The molecule has 140 valence electrons. The fraction of sp³-hybridized carbons (Fsp3) is 0.375. The molecule has 1 unspecified atom stereocenters. The van der Waals surface area contributed by atoms with Crippen LogP contribution in [0.25, 0.3) is 11.3 Å². The summed E-state index contributed by atoms with van der Waals surface area (Å²) in [6.07, 6.45) is 0.558. The molecule has 0 radical (unpaired) electrons. The van der Waals surface area contributed by atoms with Gasteiger partial charge in [0.05, 0.1) is 28.8 Å². The molecule has 2 heterocycles. The van der Waals surface area contributed by atoms with Gasteiger partial charge in [-0.3, -0.25) is 9.69 Å². The summed E-state index contributed by atoms with van der Waals surface area (Å²) in [6, 6.07) is 5.02. The van der Waals surface area contributed by atoms with Crippen LogP contribution in [0.3, 0.4) is 0 Å². The van der Waals surface area contributed by atoms with Gasteiger partial charge in [-0.1, -0.05) is 23.2 Å². The Labute approximate surface area is 166 Å². The Hall–Kier alpha value is -1.19. The maximum Gasteiger partial charge on any atom is 0.240 e. The highest BCUT2D eigenvalue weighted by molar-refractivity contribution is 7.91. The van der Waals surface area contributed by atoms with E-state index in [-0.39, 0.29) is 30.0 Å². The number of thiazole rings is 1. The van der Waals surface area contributed by atoms with Crippen LogP contribution in [-0.2, 0) is 14.6 Å². The van der Waals surface area contributed by atoms with Crippen molar-refractivity contribution < 1.29 is 13.2 Å². The lowest BCUT2D eigenvalue weighted by molar-refractivity contribution is -0.117. The van der Waals surface area contributed by atoms with Crippen LogP contribution in [0, 0.1) is 0 Å². The number of hydrogen-bond donors (Lipinski definition) is 1. The van der Waals surface area contributed by atoms with Crippen LogP contribution in [0.5, 0.6) is 0 Å². The van der Waals surface area contributed by atoms with Gasteiger partial charge in [0, 0.05) is 22.0 Å². The summed E-state index contributed by atoms with van der Waals surface area (Å²) in [5, 5.41) is 6.04. The van der Waals surface area contributed by atoms with Crippen LogP contribution in [0.1, 0.15) is 6.42 Å². The third-order valence-corrected chi connectivity index (χ3v) is 7.24. The van der Waals surface area contributed by atoms with Gasteiger partial charge in [0.15, 0.2) is 15.0 Å². The first-order valence-electron chi connectivity index (χ1n) is 7.85. The standard InChI is InChI=1S/C16H17Cl2N3O3S2/c1-21(11-4-5-26(23,24)9-11)7-15(22)20-16-19-14(8-25-16)12-3-2-10(17)6-13(12)18/h2-3,6,8,11H,4-5,7,9H2,1H3,(H,19,20,22). The van der Waals surface area contributed by atoms with E-state index in [1.165, 1.54) is 11.3 Å². The summed E-state index contributed by atoms with van der Waals surface area (Å²) in [5.74, 6) is 0.0501. The number of carbonyl (C=O) groups is 1. The maximum absolute atomic E-state index is 12.2. The van der Waals surface area contributed by atoms with E-state index in [2.05, 4.69) is 10.3 Å². The minimum absolute atomic E-state index is 0.104. The van der Waals surface area contributed by atoms with E-state index in [1.807, 2.05) is 0 Å². The molecule has 26 heavy (non-hydrogen) atoms. The zero-order valence-corrected chi connectivity index (χ0v) is 17.1. The lowest BCUT2D eigenvalue weighted by atomic mass is 10.2. The molecule has 0 aliphatic carbocycles. The molecule has 1 aromatic carbocycles. The highest BCUT2D eigenvalue weighted by Gasteiger charge is 2.31. The predicted octanol–water partition coefficient (Wildman–Crippen LogP) is 3.17. The number of sulfone groups is 1. The Morgan fingerprint density at radius 1 is 1.42 bits per heavy atom. The van der Waals surface area contributed by atoms with Gasteiger partial charge >= 0.3 is 0 Å². The van der Waals surface area contributed by atoms with Crippen LogP contribution in [0.4, 0.5) is 5.13 Å². The van der Waals surface area contributed by atoms with E-state index >= 15 is 0 Å². The topological polar surface area (TPSA) is 79.4 Å².